The van der Waals surface area contributed by atoms with E-state index in [1.54, 1.807) is 11.7 Å². The first-order valence-electron chi connectivity index (χ1n) is 1.47. The van der Waals surface area contributed by atoms with Gasteiger partial charge in [-0.2, -0.15) is 0 Å². The first-order valence-corrected chi connectivity index (χ1v) is 2.80. The molecule has 7 heavy (non-hydrogen) atoms. The summed E-state index contributed by atoms with van der Waals surface area (Å²) in [6.45, 7) is 0. The molecule has 0 radical (unpaired) electrons. The van der Waals surface area contributed by atoms with Gasteiger partial charge in [0.2, 0.25) is 0 Å². The molecule has 0 spiro atoms. The largest absolute Gasteiger partial charge is 1.00 e. The Bertz CT molecular complexity index is 121. The van der Waals surface area contributed by atoms with Gasteiger partial charge in [-0.15, -0.1) is 24.0 Å². The summed E-state index contributed by atoms with van der Waals surface area (Å²) in [6, 6.07) is 0. The fourth-order valence-corrected chi connectivity index (χ4v) is 0.769. The molecule has 0 aliphatic heterocycles. The van der Waals surface area contributed by atoms with Crippen molar-refractivity contribution in [2.45, 2.75) is 4.21 Å². The molecule has 0 saturated carbocycles. The number of thiazole rings is 1. The molecule has 0 aromatic carbocycles. The third-order valence-corrected chi connectivity index (χ3v) is 1.43. The van der Waals surface area contributed by atoms with Crippen molar-refractivity contribution in [3.8, 4) is 0 Å². The molecule has 0 aliphatic rings. The van der Waals surface area contributed by atoms with Crippen molar-refractivity contribution >= 4 is 24.0 Å². The number of aromatic nitrogens is 1. The Labute approximate surface area is 75.3 Å². The molecular formula is C3H4NNaS2. The number of thiol groups is 1. The van der Waals surface area contributed by atoms with E-state index in [9.17, 15) is 0 Å². The predicted molar refractivity (Wildman–Crippen MR) is 30.5 cm³/mol. The molecule has 0 amide bonds. The van der Waals surface area contributed by atoms with E-state index in [2.05, 4.69) is 17.6 Å². The van der Waals surface area contributed by atoms with Crippen molar-refractivity contribution in [1.29, 1.82) is 0 Å². The van der Waals surface area contributed by atoms with Gasteiger partial charge in [0.05, 0.1) is 15.9 Å². The molecule has 0 N–H and O–H groups in total. The van der Waals surface area contributed by atoms with Crippen LogP contribution in [0.1, 0.15) is 1.43 Å². The molecule has 1 heterocycles. The van der Waals surface area contributed by atoms with Crippen LogP contribution in [0.25, 0.3) is 0 Å². The Morgan fingerprint density at radius 2 is 2.57 bits per heavy atom. The van der Waals surface area contributed by atoms with Gasteiger partial charge in [-0.1, -0.05) is 0 Å². The van der Waals surface area contributed by atoms with E-state index in [1.165, 1.54) is 11.3 Å². The summed E-state index contributed by atoms with van der Waals surface area (Å²) in [4.78, 5) is 3.76. The zero-order valence-electron chi connectivity index (χ0n) is 4.96. The zero-order chi connectivity index (χ0) is 4.41. The minimum absolute atomic E-state index is 0. The zero-order valence-corrected chi connectivity index (χ0v) is 7.67. The number of hydrogen-bond donors (Lipinski definition) is 1. The maximum atomic E-state index is 3.99. The van der Waals surface area contributed by atoms with Gasteiger partial charge in [0.25, 0.3) is 0 Å². The quantitative estimate of drug-likeness (QED) is 0.344. The van der Waals surface area contributed by atoms with Crippen molar-refractivity contribution in [2.75, 3.05) is 0 Å². The monoisotopic (exact) mass is 141 g/mol. The minimum Gasteiger partial charge on any atom is -1.00 e. The molecule has 0 unspecified atom stereocenters. The smallest absolute Gasteiger partial charge is 1.00 e. The second-order valence-corrected chi connectivity index (χ2v) is 2.51. The van der Waals surface area contributed by atoms with Crippen LogP contribution in [0, 0.1) is 0 Å². The second kappa shape index (κ2) is 3.92. The Hall–Kier alpha value is 0.980. The van der Waals surface area contributed by atoms with Gasteiger partial charge >= 0.3 is 29.6 Å². The summed E-state index contributed by atoms with van der Waals surface area (Å²) in [5.74, 6) is 0. The van der Waals surface area contributed by atoms with Crippen molar-refractivity contribution in [3.63, 3.8) is 0 Å². The fraction of sp³-hybridized carbons (Fsp3) is 0. The predicted octanol–water partition coefficient (Wildman–Crippen LogP) is -1.45. The number of nitrogens with zero attached hydrogens (tertiary/aromatic N) is 1. The molecule has 1 nitrogen and oxygen atoms in total. The average molecular weight is 141 g/mol. The molecular weight excluding hydrogens is 137 g/mol. The van der Waals surface area contributed by atoms with Gasteiger partial charge in [0.15, 0.2) is 0 Å². The van der Waals surface area contributed by atoms with E-state index >= 15 is 0 Å². The SMILES string of the molecule is Sc1cncs1.[H-].[Na+]. The molecule has 1 aromatic rings. The van der Waals surface area contributed by atoms with Crippen LogP contribution < -0.4 is 29.6 Å². The molecule has 34 valence electrons. The Morgan fingerprint density at radius 1 is 1.86 bits per heavy atom. The number of hydrogen-bond acceptors (Lipinski definition) is 3. The molecule has 0 aliphatic carbocycles. The van der Waals surface area contributed by atoms with Crippen LogP contribution in [0.2, 0.25) is 0 Å². The summed E-state index contributed by atoms with van der Waals surface area (Å²) in [5, 5.41) is 0. The van der Waals surface area contributed by atoms with Gasteiger partial charge < -0.3 is 1.43 Å². The molecule has 4 heteroatoms. The third kappa shape index (κ3) is 2.72. The molecule has 1 rings (SSSR count). The molecule has 1 aromatic heterocycles. The van der Waals surface area contributed by atoms with E-state index in [4.69, 9.17) is 0 Å². The summed E-state index contributed by atoms with van der Waals surface area (Å²) in [7, 11) is 0. The standard InChI is InChI=1S/C3H3NS2.Na.H/c5-3-1-4-2-6-3;;/h1-2,5H;;/q;+1;-1. The Morgan fingerprint density at radius 3 is 2.71 bits per heavy atom. The van der Waals surface area contributed by atoms with Crippen LogP contribution in [-0.2, 0) is 0 Å². The first-order chi connectivity index (χ1) is 2.89. The van der Waals surface area contributed by atoms with E-state index in [0.29, 0.717) is 0 Å². The van der Waals surface area contributed by atoms with Gasteiger partial charge in [-0.25, -0.2) is 0 Å². The van der Waals surface area contributed by atoms with Crippen LogP contribution in [0.15, 0.2) is 15.9 Å². The Balaban J connectivity index is 0. The third-order valence-electron chi connectivity index (χ3n) is 0.419. The molecule has 0 atom stereocenters. The maximum Gasteiger partial charge on any atom is 1.00 e. The number of rotatable bonds is 0. The molecule has 0 saturated heterocycles. The van der Waals surface area contributed by atoms with Gasteiger partial charge in [0, 0.05) is 0 Å². The summed E-state index contributed by atoms with van der Waals surface area (Å²) in [6.07, 6.45) is 1.72. The normalized spacial score (nSPS) is 7.57. The summed E-state index contributed by atoms with van der Waals surface area (Å²) in [5.41, 5.74) is 1.75. The van der Waals surface area contributed by atoms with Gasteiger partial charge in [0.1, 0.15) is 0 Å². The van der Waals surface area contributed by atoms with Crippen molar-refractivity contribution in [2.24, 2.45) is 0 Å². The molecule has 0 fully saturated rings. The van der Waals surface area contributed by atoms with Crippen molar-refractivity contribution in [1.82, 2.24) is 4.98 Å². The topological polar surface area (TPSA) is 12.9 Å². The van der Waals surface area contributed by atoms with E-state index in [-0.39, 0.29) is 31.0 Å². The van der Waals surface area contributed by atoms with Crippen LogP contribution >= 0.6 is 24.0 Å². The van der Waals surface area contributed by atoms with Gasteiger partial charge in [-0.3, -0.25) is 4.98 Å². The van der Waals surface area contributed by atoms with E-state index < -0.39 is 0 Å². The van der Waals surface area contributed by atoms with E-state index in [0.717, 1.165) is 4.21 Å². The minimum atomic E-state index is 0. The van der Waals surface area contributed by atoms with Crippen LogP contribution in [0.4, 0.5) is 0 Å². The van der Waals surface area contributed by atoms with Crippen LogP contribution in [0.3, 0.4) is 0 Å². The van der Waals surface area contributed by atoms with Crippen molar-refractivity contribution < 1.29 is 31.0 Å². The van der Waals surface area contributed by atoms with E-state index in [1.807, 2.05) is 0 Å². The van der Waals surface area contributed by atoms with Crippen LogP contribution in [-0.4, -0.2) is 4.98 Å². The summed E-state index contributed by atoms with van der Waals surface area (Å²) < 4.78 is 0.968. The summed E-state index contributed by atoms with van der Waals surface area (Å²) >= 11 is 5.52. The maximum absolute atomic E-state index is 3.99. The van der Waals surface area contributed by atoms with Crippen molar-refractivity contribution in [3.05, 3.63) is 11.7 Å². The fourth-order valence-electron chi connectivity index (χ4n) is 0.209. The first kappa shape index (κ1) is 7.98. The molecule has 0 bridgehead atoms. The average Bonchev–Trinajstić information content (AvgIpc) is 1.86. The van der Waals surface area contributed by atoms with Crippen LogP contribution in [0.5, 0.6) is 0 Å². The Kier molecular flexibility index (Phi) is 4.47. The van der Waals surface area contributed by atoms with Gasteiger partial charge in [-0.05, 0) is 0 Å². The second-order valence-electron chi connectivity index (χ2n) is 0.840.